The van der Waals surface area contributed by atoms with Crippen molar-refractivity contribution < 1.29 is 23.9 Å². The van der Waals surface area contributed by atoms with Gasteiger partial charge in [-0.25, -0.2) is 0 Å². The van der Waals surface area contributed by atoms with Crippen LogP contribution in [0.4, 0.5) is 10.5 Å². The zero-order valence-corrected chi connectivity index (χ0v) is 25.0. The molecule has 0 spiro atoms. The summed E-state index contributed by atoms with van der Waals surface area (Å²) >= 11 is 22.7. The minimum absolute atomic E-state index is 0.168. The molecule has 3 aromatic carbocycles. The molecule has 12 heteroatoms. The number of hydrogen-bond acceptors (Lipinski definition) is 6. The van der Waals surface area contributed by atoms with Crippen molar-refractivity contribution in [1.29, 1.82) is 0 Å². The van der Waals surface area contributed by atoms with E-state index in [2.05, 4.69) is 21.2 Å². The van der Waals surface area contributed by atoms with Gasteiger partial charge in [-0.3, -0.25) is 19.3 Å². The quantitative estimate of drug-likeness (QED) is 0.232. The molecule has 0 aromatic heterocycles. The maximum atomic E-state index is 12.9. The summed E-state index contributed by atoms with van der Waals surface area (Å²) < 4.78 is 11.8. The zero-order valence-electron chi connectivity index (χ0n) is 20.3. The van der Waals surface area contributed by atoms with Crippen LogP contribution < -0.4 is 14.8 Å². The molecule has 0 saturated carbocycles. The van der Waals surface area contributed by atoms with Crippen LogP contribution in [0.5, 0.6) is 11.5 Å². The largest absolute Gasteiger partial charge is 0.494 e. The molecule has 0 aliphatic carbocycles. The first-order chi connectivity index (χ1) is 18.6. The fourth-order valence-corrected chi connectivity index (χ4v) is 5.67. The Bertz CT molecular complexity index is 1440. The average Bonchev–Trinajstić information content (AvgIpc) is 3.14. The molecule has 1 saturated heterocycles. The molecule has 39 heavy (non-hydrogen) atoms. The van der Waals surface area contributed by atoms with Gasteiger partial charge in [0.1, 0.15) is 18.9 Å². The van der Waals surface area contributed by atoms with E-state index in [4.69, 9.17) is 44.3 Å². The lowest BCUT2D eigenvalue weighted by Gasteiger charge is -2.13. The van der Waals surface area contributed by atoms with Gasteiger partial charge >= 0.3 is 0 Å². The Kier molecular flexibility index (Phi) is 9.85. The maximum Gasteiger partial charge on any atom is 0.294 e. The van der Waals surface area contributed by atoms with Crippen LogP contribution >= 0.6 is 62.5 Å². The van der Waals surface area contributed by atoms with Crippen LogP contribution in [0.25, 0.3) is 6.08 Å². The van der Waals surface area contributed by atoms with Crippen molar-refractivity contribution in [2.75, 3.05) is 18.5 Å². The van der Waals surface area contributed by atoms with E-state index in [1.807, 2.05) is 6.92 Å². The van der Waals surface area contributed by atoms with Gasteiger partial charge in [0.15, 0.2) is 5.75 Å². The minimum atomic E-state index is -0.570. The van der Waals surface area contributed by atoms with Crippen molar-refractivity contribution in [3.05, 3.63) is 90.2 Å². The lowest BCUT2D eigenvalue weighted by molar-refractivity contribution is -0.127. The first-order valence-corrected chi connectivity index (χ1v) is 14.2. The van der Waals surface area contributed by atoms with Crippen molar-refractivity contribution >= 4 is 91.3 Å². The lowest BCUT2D eigenvalue weighted by atomic mass is 10.2. The molecule has 1 aliphatic rings. The highest BCUT2D eigenvalue weighted by atomic mass is 79.9. The molecule has 0 radical (unpaired) electrons. The van der Waals surface area contributed by atoms with Gasteiger partial charge in [0.05, 0.1) is 31.1 Å². The lowest BCUT2D eigenvalue weighted by Crippen LogP contribution is -2.36. The minimum Gasteiger partial charge on any atom is -0.494 e. The van der Waals surface area contributed by atoms with Crippen molar-refractivity contribution in [2.45, 2.75) is 13.5 Å². The third-order valence-corrected chi connectivity index (χ3v) is 7.83. The van der Waals surface area contributed by atoms with Crippen LogP contribution in [0.3, 0.4) is 0 Å². The molecular weight excluding hydrogens is 651 g/mol. The number of nitrogens with zero attached hydrogens (tertiary/aromatic N) is 1. The second-order valence-electron chi connectivity index (χ2n) is 8.12. The Balaban J connectivity index is 1.41. The third kappa shape index (κ3) is 7.49. The summed E-state index contributed by atoms with van der Waals surface area (Å²) in [6.07, 6.45) is 1.54. The van der Waals surface area contributed by atoms with Gasteiger partial charge in [0, 0.05) is 5.69 Å². The summed E-state index contributed by atoms with van der Waals surface area (Å²) in [5, 5.41) is 3.29. The monoisotopic (exact) mass is 668 g/mol. The number of nitrogens with one attached hydrogen (secondary N) is 1. The number of anilines is 1. The van der Waals surface area contributed by atoms with Gasteiger partial charge in [0.25, 0.3) is 11.1 Å². The standard InChI is InChI=1S/C27H20BrCl3N2O5S/c1-2-37-18-6-4-17(5-7-18)32-24(34)13-33-26(35)23(39-27(33)36)12-16-9-19(28)25(22(31)11-16)38-14-15-3-8-20(29)21(30)10-15/h3-12H,2,13-14H2,1H3,(H,32,34)/b23-12+. The van der Waals surface area contributed by atoms with Gasteiger partial charge < -0.3 is 14.8 Å². The van der Waals surface area contributed by atoms with Crippen LogP contribution in [0.1, 0.15) is 18.1 Å². The van der Waals surface area contributed by atoms with Crippen LogP contribution in [-0.4, -0.2) is 35.1 Å². The van der Waals surface area contributed by atoms with E-state index in [9.17, 15) is 14.4 Å². The predicted octanol–water partition coefficient (Wildman–Crippen LogP) is 8.06. The number of ether oxygens (including phenoxy) is 2. The molecule has 7 nitrogen and oxygen atoms in total. The number of carbonyl (C=O) groups excluding carboxylic acids is 3. The van der Waals surface area contributed by atoms with E-state index in [1.54, 1.807) is 54.6 Å². The van der Waals surface area contributed by atoms with E-state index in [1.165, 1.54) is 6.08 Å². The van der Waals surface area contributed by atoms with Crippen molar-refractivity contribution in [3.8, 4) is 11.5 Å². The van der Waals surface area contributed by atoms with Crippen LogP contribution in [0.15, 0.2) is 64.0 Å². The Morgan fingerprint density at radius 1 is 1.00 bits per heavy atom. The van der Waals surface area contributed by atoms with Crippen LogP contribution in [0, 0.1) is 0 Å². The molecule has 0 bridgehead atoms. The molecule has 4 rings (SSSR count). The van der Waals surface area contributed by atoms with E-state index < -0.39 is 23.6 Å². The smallest absolute Gasteiger partial charge is 0.294 e. The number of carbonyl (C=O) groups is 3. The number of thioether (sulfide) groups is 1. The van der Waals surface area contributed by atoms with Crippen molar-refractivity contribution in [1.82, 2.24) is 4.90 Å². The second kappa shape index (κ2) is 13.1. The average molecular weight is 671 g/mol. The molecule has 202 valence electrons. The molecule has 0 unspecified atom stereocenters. The highest BCUT2D eigenvalue weighted by molar-refractivity contribution is 9.10. The van der Waals surface area contributed by atoms with Gasteiger partial charge in [-0.2, -0.15) is 0 Å². The van der Waals surface area contributed by atoms with E-state index >= 15 is 0 Å². The van der Waals surface area contributed by atoms with Gasteiger partial charge in [-0.05, 0) is 100 Å². The number of amides is 3. The van der Waals surface area contributed by atoms with Crippen LogP contribution in [-0.2, 0) is 16.2 Å². The summed E-state index contributed by atoms with van der Waals surface area (Å²) in [5.41, 5.74) is 1.89. The molecule has 3 aromatic rings. The van der Waals surface area contributed by atoms with Gasteiger partial charge in [0.2, 0.25) is 5.91 Å². The number of imide groups is 1. The third-order valence-electron chi connectivity index (χ3n) is 5.31. The summed E-state index contributed by atoms with van der Waals surface area (Å²) in [6.45, 7) is 2.19. The highest BCUT2D eigenvalue weighted by Crippen LogP contribution is 2.38. The Morgan fingerprint density at radius 2 is 1.74 bits per heavy atom. The fourth-order valence-electron chi connectivity index (χ4n) is 3.52. The Labute approximate surface area is 252 Å². The van der Waals surface area contributed by atoms with Gasteiger partial charge in [-0.15, -0.1) is 0 Å². The van der Waals surface area contributed by atoms with Gasteiger partial charge in [-0.1, -0.05) is 40.9 Å². The predicted molar refractivity (Wildman–Crippen MR) is 159 cm³/mol. The Hall–Kier alpha value is -2.69. The maximum absolute atomic E-state index is 12.9. The molecule has 1 heterocycles. The normalized spacial score (nSPS) is 14.2. The van der Waals surface area contributed by atoms with E-state index in [-0.39, 0.29) is 11.5 Å². The Morgan fingerprint density at radius 3 is 2.41 bits per heavy atom. The van der Waals surface area contributed by atoms with E-state index in [0.717, 1.165) is 22.2 Å². The van der Waals surface area contributed by atoms with Crippen molar-refractivity contribution in [3.63, 3.8) is 0 Å². The zero-order chi connectivity index (χ0) is 28.1. The summed E-state index contributed by atoms with van der Waals surface area (Å²) in [5.74, 6) is -0.000608. The molecular formula is C27H20BrCl3N2O5S. The van der Waals surface area contributed by atoms with E-state index in [0.29, 0.717) is 48.9 Å². The number of halogens is 4. The number of rotatable bonds is 9. The molecule has 1 N–H and O–H groups in total. The van der Waals surface area contributed by atoms with Crippen LogP contribution in [0.2, 0.25) is 15.1 Å². The number of benzene rings is 3. The molecule has 1 fully saturated rings. The molecule has 1 aliphatic heterocycles. The SMILES string of the molecule is CCOc1ccc(NC(=O)CN2C(=O)S/C(=C/c3cc(Cl)c(OCc4ccc(Cl)c(Cl)c4)c(Br)c3)C2=O)cc1. The highest BCUT2D eigenvalue weighted by Gasteiger charge is 2.36. The summed E-state index contributed by atoms with van der Waals surface area (Å²) in [7, 11) is 0. The number of hydrogen-bond donors (Lipinski definition) is 1. The first-order valence-electron chi connectivity index (χ1n) is 11.5. The van der Waals surface area contributed by atoms with Crippen molar-refractivity contribution in [2.24, 2.45) is 0 Å². The second-order valence-corrected chi connectivity index (χ2v) is 11.2. The fraction of sp³-hybridized carbons (Fsp3) is 0.148. The molecule has 0 atom stereocenters. The topological polar surface area (TPSA) is 84.9 Å². The molecule has 3 amide bonds. The summed E-state index contributed by atoms with van der Waals surface area (Å²) in [6, 6.07) is 15.3. The first kappa shape index (κ1) is 29.3. The summed E-state index contributed by atoms with van der Waals surface area (Å²) in [4.78, 5) is 39.0.